The van der Waals surface area contributed by atoms with Crippen molar-refractivity contribution in [2.45, 2.75) is 6.42 Å². The second-order valence-corrected chi connectivity index (χ2v) is 2.91. The average Bonchev–Trinajstić information content (AvgIpc) is 2.37. The summed E-state index contributed by atoms with van der Waals surface area (Å²) in [4.78, 5) is 12.6. The average molecular weight is 158 g/mol. The third-order valence-electron chi connectivity index (χ3n) is 2.07. The van der Waals surface area contributed by atoms with Gasteiger partial charge in [0.25, 0.3) is 0 Å². The fourth-order valence-electron chi connectivity index (χ4n) is 1.42. The highest BCUT2D eigenvalue weighted by molar-refractivity contribution is 5.70. The highest BCUT2D eigenvalue weighted by Crippen LogP contribution is 2.14. The quantitative estimate of drug-likeness (QED) is 0.573. The largest absolute Gasteiger partial charge is 0.481 e. The Morgan fingerprint density at radius 2 is 2.45 bits per heavy atom. The molecule has 1 aliphatic heterocycles. The lowest BCUT2D eigenvalue weighted by Gasteiger charge is -2.12. The topological polar surface area (TPSA) is 66.6 Å². The lowest BCUT2D eigenvalue weighted by atomic mass is 10.1. The van der Waals surface area contributed by atoms with Crippen LogP contribution < -0.4 is 5.73 Å². The van der Waals surface area contributed by atoms with E-state index in [2.05, 4.69) is 4.90 Å². The summed E-state index contributed by atoms with van der Waals surface area (Å²) < 4.78 is 0. The van der Waals surface area contributed by atoms with E-state index >= 15 is 0 Å². The van der Waals surface area contributed by atoms with Gasteiger partial charge in [0.05, 0.1) is 5.92 Å². The van der Waals surface area contributed by atoms with Crippen LogP contribution in [-0.4, -0.2) is 42.2 Å². The monoisotopic (exact) mass is 158 g/mol. The van der Waals surface area contributed by atoms with Crippen LogP contribution in [0.4, 0.5) is 0 Å². The van der Waals surface area contributed by atoms with Crippen LogP contribution in [0.3, 0.4) is 0 Å². The molecule has 0 spiro atoms. The first kappa shape index (κ1) is 8.49. The van der Waals surface area contributed by atoms with Crippen LogP contribution in [0.2, 0.25) is 0 Å². The Hall–Kier alpha value is -0.610. The first-order valence-electron chi connectivity index (χ1n) is 3.89. The van der Waals surface area contributed by atoms with Gasteiger partial charge in [-0.3, -0.25) is 4.79 Å². The van der Waals surface area contributed by atoms with Gasteiger partial charge in [0.1, 0.15) is 0 Å². The molecule has 1 rings (SSSR count). The highest BCUT2D eigenvalue weighted by Gasteiger charge is 2.26. The Kier molecular flexibility index (Phi) is 2.84. The van der Waals surface area contributed by atoms with E-state index in [1.807, 2.05) is 0 Å². The van der Waals surface area contributed by atoms with Gasteiger partial charge in [-0.2, -0.15) is 0 Å². The Labute approximate surface area is 66.0 Å². The van der Waals surface area contributed by atoms with Gasteiger partial charge in [0.15, 0.2) is 0 Å². The van der Waals surface area contributed by atoms with Crippen LogP contribution in [0.5, 0.6) is 0 Å². The van der Waals surface area contributed by atoms with Crippen molar-refractivity contribution in [1.29, 1.82) is 0 Å². The summed E-state index contributed by atoms with van der Waals surface area (Å²) in [6.07, 6.45) is 0.773. The van der Waals surface area contributed by atoms with Crippen LogP contribution in [-0.2, 0) is 4.79 Å². The van der Waals surface area contributed by atoms with Crippen molar-refractivity contribution in [3.63, 3.8) is 0 Å². The third kappa shape index (κ3) is 2.17. The molecular weight excluding hydrogens is 144 g/mol. The Bertz CT molecular complexity index is 149. The summed E-state index contributed by atoms with van der Waals surface area (Å²) in [7, 11) is 0. The molecule has 0 bridgehead atoms. The van der Waals surface area contributed by atoms with Crippen molar-refractivity contribution in [3.8, 4) is 0 Å². The van der Waals surface area contributed by atoms with E-state index < -0.39 is 5.97 Å². The molecule has 64 valence electrons. The number of hydrogen-bond acceptors (Lipinski definition) is 3. The zero-order valence-electron chi connectivity index (χ0n) is 6.49. The zero-order chi connectivity index (χ0) is 8.27. The number of carbonyl (C=O) groups is 1. The first-order valence-corrected chi connectivity index (χ1v) is 3.89. The highest BCUT2D eigenvalue weighted by atomic mass is 16.4. The third-order valence-corrected chi connectivity index (χ3v) is 2.07. The number of likely N-dealkylation sites (tertiary alicyclic amines) is 1. The molecule has 0 radical (unpaired) electrons. The van der Waals surface area contributed by atoms with Crippen molar-refractivity contribution in [2.75, 3.05) is 26.2 Å². The summed E-state index contributed by atoms with van der Waals surface area (Å²) in [6.45, 7) is 3.00. The van der Waals surface area contributed by atoms with Gasteiger partial charge in [0, 0.05) is 19.6 Å². The number of carboxylic acids is 1. The molecule has 0 amide bonds. The molecule has 0 aliphatic carbocycles. The van der Waals surface area contributed by atoms with Gasteiger partial charge in [-0.1, -0.05) is 0 Å². The number of nitrogens with zero attached hydrogens (tertiary/aromatic N) is 1. The second kappa shape index (κ2) is 3.69. The summed E-state index contributed by atoms with van der Waals surface area (Å²) in [5, 5.41) is 8.64. The molecule has 1 aliphatic rings. The van der Waals surface area contributed by atoms with Gasteiger partial charge in [-0.25, -0.2) is 0 Å². The summed E-state index contributed by atoms with van der Waals surface area (Å²) >= 11 is 0. The van der Waals surface area contributed by atoms with E-state index in [0.717, 1.165) is 19.5 Å². The summed E-state index contributed by atoms with van der Waals surface area (Å²) in [5.41, 5.74) is 5.34. The molecule has 0 aromatic rings. The van der Waals surface area contributed by atoms with Crippen LogP contribution in [0.15, 0.2) is 0 Å². The minimum atomic E-state index is -0.676. The standard InChI is InChI=1S/C7H14N2O2/c8-2-4-9-3-1-6(5-9)7(10)11/h6H,1-5,8H2,(H,10,11). The molecule has 0 saturated carbocycles. The van der Waals surface area contributed by atoms with Crippen molar-refractivity contribution in [1.82, 2.24) is 4.90 Å². The molecule has 3 N–H and O–H groups in total. The smallest absolute Gasteiger partial charge is 0.307 e. The molecule has 1 atom stereocenters. The molecule has 11 heavy (non-hydrogen) atoms. The van der Waals surface area contributed by atoms with Gasteiger partial charge >= 0.3 is 5.97 Å². The van der Waals surface area contributed by atoms with Crippen LogP contribution in [0.1, 0.15) is 6.42 Å². The van der Waals surface area contributed by atoms with Crippen molar-refractivity contribution in [3.05, 3.63) is 0 Å². The van der Waals surface area contributed by atoms with Crippen molar-refractivity contribution < 1.29 is 9.90 Å². The molecular formula is C7H14N2O2. The Morgan fingerprint density at radius 1 is 1.73 bits per heavy atom. The number of hydrogen-bond donors (Lipinski definition) is 2. The molecule has 1 saturated heterocycles. The molecule has 0 aromatic carbocycles. The molecule has 4 nitrogen and oxygen atoms in total. The second-order valence-electron chi connectivity index (χ2n) is 2.91. The summed E-state index contributed by atoms with van der Waals surface area (Å²) in [6, 6.07) is 0. The number of carboxylic acid groups (broad SMARTS) is 1. The maximum Gasteiger partial charge on any atom is 0.307 e. The van der Waals surface area contributed by atoms with E-state index in [-0.39, 0.29) is 5.92 Å². The van der Waals surface area contributed by atoms with E-state index in [1.54, 1.807) is 0 Å². The van der Waals surface area contributed by atoms with Gasteiger partial charge in [0.2, 0.25) is 0 Å². The number of nitrogens with two attached hydrogens (primary N) is 1. The lowest BCUT2D eigenvalue weighted by molar-refractivity contribution is -0.141. The van der Waals surface area contributed by atoms with Crippen molar-refractivity contribution >= 4 is 5.97 Å². The molecule has 1 fully saturated rings. The van der Waals surface area contributed by atoms with E-state index in [9.17, 15) is 4.79 Å². The maximum absolute atomic E-state index is 10.5. The SMILES string of the molecule is NCCN1CCC(C(=O)O)C1. The predicted molar refractivity (Wildman–Crippen MR) is 41.2 cm³/mol. The lowest BCUT2D eigenvalue weighted by Crippen LogP contribution is -2.28. The molecule has 0 aromatic heterocycles. The van der Waals surface area contributed by atoms with Crippen LogP contribution >= 0.6 is 0 Å². The van der Waals surface area contributed by atoms with E-state index in [0.29, 0.717) is 13.1 Å². The van der Waals surface area contributed by atoms with Crippen LogP contribution in [0.25, 0.3) is 0 Å². The summed E-state index contributed by atoms with van der Waals surface area (Å²) in [5.74, 6) is -0.842. The van der Waals surface area contributed by atoms with Gasteiger partial charge < -0.3 is 15.7 Å². The fourth-order valence-corrected chi connectivity index (χ4v) is 1.42. The fraction of sp³-hybridized carbons (Fsp3) is 0.857. The molecule has 4 heteroatoms. The van der Waals surface area contributed by atoms with Gasteiger partial charge in [-0.05, 0) is 13.0 Å². The van der Waals surface area contributed by atoms with Gasteiger partial charge in [-0.15, -0.1) is 0 Å². The maximum atomic E-state index is 10.5. The molecule has 1 unspecified atom stereocenters. The van der Waals surface area contributed by atoms with E-state index in [1.165, 1.54) is 0 Å². The Morgan fingerprint density at radius 3 is 2.91 bits per heavy atom. The predicted octanol–water partition coefficient (Wildman–Crippen LogP) is -0.648. The number of aliphatic carboxylic acids is 1. The van der Waals surface area contributed by atoms with Crippen molar-refractivity contribution in [2.24, 2.45) is 11.7 Å². The normalized spacial score (nSPS) is 25.7. The zero-order valence-corrected chi connectivity index (χ0v) is 6.49. The minimum Gasteiger partial charge on any atom is -0.481 e. The number of rotatable bonds is 3. The Balaban J connectivity index is 2.29. The molecule has 1 heterocycles. The van der Waals surface area contributed by atoms with Crippen LogP contribution in [0, 0.1) is 5.92 Å². The first-order chi connectivity index (χ1) is 5.24. The van der Waals surface area contributed by atoms with E-state index in [4.69, 9.17) is 10.8 Å². The minimum absolute atomic E-state index is 0.165.